The number of rotatable bonds is 10. The standard InChI is InChI=1S/C23H27FN4O2/c1-2-6-22(29)25-14-5-9-21-27-19-7-3-4-8-20(19)28(21)16-23(30)26-15-17-10-12-18(24)13-11-17/h3-4,7-8,10-13H,2,5-6,9,14-16H2,1H3,(H,25,29)(H,26,30). The molecule has 3 aromatic rings. The highest BCUT2D eigenvalue weighted by Gasteiger charge is 2.13. The van der Waals surface area contributed by atoms with Gasteiger partial charge < -0.3 is 15.2 Å². The second-order valence-electron chi connectivity index (χ2n) is 7.21. The second kappa shape index (κ2) is 10.5. The van der Waals surface area contributed by atoms with E-state index in [-0.39, 0.29) is 24.2 Å². The summed E-state index contributed by atoms with van der Waals surface area (Å²) in [6.45, 7) is 3.05. The van der Waals surface area contributed by atoms with Gasteiger partial charge >= 0.3 is 0 Å². The third kappa shape index (κ3) is 5.89. The molecule has 30 heavy (non-hydrogen) atoms. The minimum atomic E-state index is -0.300. The molecule has 0 aliphatic carbocycles. The van der Waals surface area contributed by atoms with Gasteiger partial charge in [-0.1, -0.05) is 31.2 Å². The van der Waals surface area contributed by atoms with E-state index in [1.54, 1.807) is 12.1 Å². The van der Waals surface area contributed by atoms with Crippen molar-refractivity contribution in [2.75, 3.05) is 6.54 Å². The van der Waals surface area contributed by atoms with Gasteiger partial charge in [0.05, 0.1) is 11.0 Å². The summed E-state index contributed by atoms with van der Waals surface area (Å²) < 4.78 is 14.9. The average molecular weight is 410 g/mol. The molecular formula is C23H27FN4O2. The summed E-state index contributed by atoms with van der Waals surface area (Å²) in [6, 6.07) is 13.8. The maximum atomic E-state index is 13.0. The Morgan fingerprint density at radius 3 is 2.57 bits per heavy atom. The molecule has 1 aromatic heterocycles. The SMILES string of the molecule is CCCC(=O)NCCCc1nc2ccccc2n1CC(=O)NCc1ccc(F)cc1. The molecule has 0 radical (unpaired) electrons. The van der Waals surface area contributed by atoms with E-state index in [2.05, 4.69) is 15.6 Å². The maximum Gasteiger partial charge on any atom is 0.240 e. The molecule has 0 bridgehead atoms. The number of hydrogen-bond donors (Lipinski definition) is 2. The highest BCUT2D eigenvalue weighted by atomic mass is 19.1. The predicted octanol–water partition coefficient (Wildman–Crippen LogP) is 3.34. The van der Waals surface area contributed by atoms with Gasteiger partial charge in [-0.05, 0) is 42.7 Å². The summed E-state index contributed by atoms with van der Waals surface area (Å²) in [7, 11) is 0. The van der Waals surface area contributed by atoms with E-state index in [9.17, 15) is 14.0 Å². The van der Waals surface area contributed by atoms with Gasteiger partial charge in [0.15, 0.2) is 0 Å². The number of hydrogen-bond acceptors (Lipinski definition) is 3. The number of carbonyl (C=O) groups is 2. The molecule has 0 aliphatic heterocycles. The summed E-state index contributed by atoms with van der Waals surface area (Å²) in [4.78, 5) is 28.8. The van der Waals surface area contributed by atoms with Gasteiger partial charge in [0.1, 0.15) is 18.2 Å². The largest absolute Gasteiger partial charge is 0.356 e. The van der Waals surface area contributed by atoms with E-state index < -0.39 is 0 Å². The van der Waals surface area contributed by atoms with Crippen molar-refractivity contribution in [1.29, 1.82) is 0 Å². The van der Waals surface area contributed by atoms with Crippen LogP contribution in [0.15, 0.2) is 48.5 Å². The van der Waals surface area contributed by atoms with Crippen LogP contribution in [0.1, 0.15) is 37.6 Å². The quantitative estimate of drug-likeness (QED) is 0.504. The molecule has 0 spiro atoms. The number of nitrogens with zero attached hydrogens (tertiary/aromatic N) is 2. The van der Waals surface area contributed by atoms with Crippen LogP contribution >= 0.6 is 0 Å². The van der Waals surface area contributed by atoms with Crippen LogP contribution in [-0.4, -0.2) is 27.9 Å². The Hall–Kier alpha value is -3.22. The Bertz CT molecular complexity index is 998. The zero-order chi connectivity index (χ0) is 21.3. The number of aromatic nitrogens is 2. The lowest BCUT2D eigenvalue weighted by molar-refractivity contribution is -0.122. The van der Waals surface area contributed by atoms with Crippen molar-refractivity contribution in [2.24, 2.45) is 0 Å². The van der Waals surface area contributed by atoms with E-state index in [1.165, 1.54) is 12.1 Å². The highest BCUT2D eigenvalue weighted by molar-refractivity contribution is 5.81. The molecule has 0 unspecified atom stereocenters. The molecule has 7 heteroatoms. The zero-order valence-corrected chi connectivity index (χ0v) is 17.2. The van der Waals surface area contributed by atoms with E-state index in [4.69, 9.17) is 0 Å². The molecule has 2 amide bonds. The lowest BCUT2D eigenvalue weighted by Gasteiger charge is -2.11. The van der Waals surface area contributed by atoms with E-state index in [1.807, 2.05) is 35.8 Å². The van der Waals surface area contributed by atoms with Gasteiger partial charge in [-0.15, -0.1) is 0 Å². The number of fused-ring (bicyclic) bond motifs is 1. The number of para-hydroxylation sites is 2. The number of aryl methyl sites for hydroxylation is 1. The number of imidazole rings is 1. The fraction of sp³-hybridized carbons (Fsp3) is 0.348. The monoisotopic (exact) mass is 410 g/mol. The number of benzene rings is 2. The van der Waals surface area contributed by atoms with Crippen molar-refractivity contribution in [1.82, 2.24) is 20.2 Å². The van der Waals surface area contributed by atoms with Crippen LogP contribution in [0.3, 0.4) is 0 Å². The van der Waals surface area contributed by atoms with Gasteiger partial charge in [0, 0.05) is 25.9 Å². The lowest BCUT2D eigenvalue weighted by atomic mass is 10.2. The first-order chi connectivity index (χ1) is 14.6. The fourth-order valence-corrected chi connectivity index (χ4v) is 3.28. The number of halogens is 1. The summed E-state index contributed by atoms with van der Waals surface area (Å²) in [5.41, 5.74) is 2.58. The first-order valence-electron chi connectivity index (χ1n) is 10.3. The smallest absolute Gasteiger partial charge is 0.240 e. The molecule has 0 fully saturated rings. The summed E-state index contributed by atoms with van der Waals surface area (Å²) >= 11 is 0. The van der Waals surface area contributed by atoms with Crippen LogP contribution in [0, 0.1) is 5.82 Å². The third-order valence-electron chi connectivity index (χ3n) is 4.81. The minimum Gasteiger partial charge on any atom is -0.356 e. The first kappa shape index (κ1) is 21.5. The average Bonchev–Trinajstić information content (AvgIpc) is 3.08. The van der Waals surface area contributed by atoms with Crippen LogP contribution in [0.25, 0.3) is 11.0 Å². The van der Waals surface area contributed by atoms with Gasteiger partial charge in [-0.3, -0.25) is 9.59 Å². The summed E-state index contributed by atoms with van der Waals surface area (Å²) in [5, 5.41) is 5.79. The zero-order valence-electron chi connectivity index (χ0n) is 17.2. The van der Waals surface area contributed by atoms with Crippen molar-refractivity contribution in [2.45, 2.75) is 45.7 Å². The van der Waals surface area contributed by atoms with E-state index in [0.29, 0.717) is 25.9 Å². The Labute approximate surface area is 175 Å². The third-order valence-corrected chi connectivity index (χ3v) is 4.81. The van der Waals surface area contributed by atoms with Gasteiger partial charge in [-0.2, -0.15) is 0 Å². The molecule has 0 saturated carbocycles. The second-order valence-corrected chi connectivity index (χ2v) is 7.21. The molecule has 0 aliphatic rings. The topological polar surface area (TPSA) is 76.0 Å². The Kier molecular flexibility index (Phi) is 7.54. The van der Waals surface area contributed by atoms with Crippen molar-refractivity contribution < 1.29 is 14.0 Å². The Morgan fingerprint density at radius 1 is 1.03 bits per heavy atom. The lowest BCUT2D eigenvalue weighted by Crippen LogP contribution is -2.28. The number of nitrogens with one attached hydrogen (secondary N) is 2. The van der Waals surface area contributed by atoms with Gasteiger partial charge in [-0.25, -0.2) is 9.37 Å². The molecule has 158 valence electrons. The summed E-state index contributed by atoms with van der Waals surface area (Å²) in [6.07, 6.45) is 2.77. The highest BCUT2D eigenvalue weighted by Crippen LogP contribution is 2.17. The first-order valence-corrected chi connectivity index (χ1v) is 10.3. The number of amides is 2. The van der Waals surface area contributed by atoms with Crippen LogP contribution < -0.4 is 10.6 Å². The molecule has 1 heterocycles. The maximum absolute atomic E-state index is 13.0. The Balaban J connectivity index is 1.62. The van der Waals surface area contributed by atoms with Crippen molar-refractivity contribution in [3.8, 4) is 0 Å². The van der Waals surface area contributed by atoms with Crippen LogP contribution in [0.5, 0.6) is 0 Å². The van der Waals surface area contributed by atoms with Gasteiger partial charge in [0.2, 0.25) is 11.8 Å². The Morgan fingerprint density at radius 2 is 1.80 bits per heavy atom. The molecule has 0 atom stereocenters. The van der Waals surface area contributed by atoms with Crippen molar-refractivity contribution in [3.63, 3.8) is 0 Å². The van der Waals surface area contributed by atoms with Crippen molar-refractivity contribution in [3.05, 3.63) is 65.7 Å². The molecule has 3 rings (SSSR count). The summed E-state index contributed by atoms with van der Waals surface area (Å²) in [5.74, 6) is 0.439. The molecule has 2 aromatic carbocycles. The molecular weight excluding hydrogens is 383 g/mol. The number of carbonyl (C=O) groups excluding carboxylic acids is 2. The van der Waals surface area contributed by atoms with E-state index >= 15 is 0 Å². The minimum absolute atomic E-state index is 0.0613. The van der Waals surface area contributed by atoms with Crippen LogP contribution in [0.4, 0.5) is 4.39 Å². The fourth-order valence-electron chi connectivity index (χ4n) is 3.28. The molecule has 0 saturated heterocycles. The normalized spacial score (nSPS) is 10.9. The van der Waals surface area contributed by atoms with E-state index in [0.717, 1.165) is 35.3 Å². The van der Waals surface area contributed by atoms with Gasteiger partial charge in [0.25, 0.3) is 0 Å². The van der Waals surface area contributed by atoms with Crippen LogP contribution in [0.2, 0.25) is 0 Å². The van der Waals surface area contributed by atoms with Crippen LogP contribution in [-0.2, 0) is 29.1 Å². The molecule has 6 nitrogen and oxygen atoms in total. The molecule has 2 N–H and O–H groups in total. The van der Waals surface area contributed by atoms with Crippen molar-refractivity contribution >= 4 is 22.8 Å². The predicted molar refractivity (Wildman–Crippen MR) is 114 cm³/mol.